The number of rotatable bonds is 1. The highest BCUT2D eigenvalue weighted by atomic mass is 16.6. The van der Waals surface area contributed by atoms with Crippen molar-refractivity contribution in [1.82, 2.24) is 0 Å². The highest BCUT2D eigenvalue weighted by molar-refractivity contribution is 5.96. The van der Waals surface area contributed by atoms with Crippen molar-refractivity contribution in [2.24, 2.45) is 17.3 Å². The van der Waals surface area contributed by atoms with Crippen LogP contribution in [0.3, 0.4) is 0 Å². The highest BCUT2D eigenvalue weighted by Gasteiger charge is 2.48. The summed E-state index contributed by atoms with van der Waals surface area (Å²) < 4.78 is 4.63. The normalized spacial score (nSPS) is 29.2. The lowest BCUT2D eigenvalue weighted by molar-refractivity contribution is -0.154. The molecule has 3 heteroatoms. The molecule has 0 saturated carbocycles. The van der Waals surface area contributed by atoms with E-state index < -0.39 is 0 Å². The largest absolute Gasteiger partial charge is 0.393 e. The highest BCUT2D eigenvalue weighted by Crippen LogP contribution is 2.39. The first-order chi connectivity index (χ1) is 5.88. The van der Waals surface area contributed by atoms with Gasteiger partial charge in [0.25, 0.3) is 0 Å². The van der Waals surface area contributed by atoms with Gasteiger partial charge in [-0.2, -0.15) is 0 Å². The van der Waals surface area contributed by atoms with Crippen LogP contribution in [0.5, 0.6) is 0 Å². The molecule has 0 spiro atoms. The summed E-state index contributed by atoms with van der Waals surface area (Å²) in [6, 6.07) is 0. The molecule has 13 heavy (non-hydrogen) atoms. The maximum Gasteiger partial charge on any atom is 0.318 e. The molecule has 1 rings (SSSR count). The Bertz CT molecular complexity index is 237. The van der Waals surface area contributed by atoms with Gasteiger partial charge >= 0.3 is 11.9 Å². The molecular weight excluding hydrogens is 168 g/mol. The third-order valence-electron chi connectivity index (χ3n) is 2.53. The smallest absolute Gasteiger partial charge is 0.318 e. The fourth-order valence-corrected chi connectivity index (χ4v) is 1.90. The Kier molecular flexibility index (Phi) is 2.46. The van der Waals surface area contributed by atoms with E-state index in [1.165, 1.54) is 0 Å². The second kappa shape index (κ2) is 3.13. The van der Waals surface area contributed by atoms with E-state index in [0.29, 0.717) is 6.42 Å². The van der Waals surface area contributed by atoms with Gasteiger partial charge in [0, 0.05) is 0 Å². The monoisotopic (exact) mass is 184 g/mol. The van der Waals surface area contributed by atoms with Crippen molar-refractivity contribution in [1.29, 1.82) is 0 Å². The third kappa shape index (κ3) is 1.74. The van der Waals surface area contributed by atoms with Crippen molar-refractivity contribution in [3.8, 4) is 0 Å². The number of cyclic esters (lactones) is 2. The number of hydrogen-bond donors (Lipinski definition) is 0. The summed E-state index contributed by atoms with van der Waals surface area (Å²) in [6.45, 7) is 7.78. The quantitative estimate of drug-likeness (QED) is 0.460. The lowest BCUT2D eigenvalue weighted by Crippen LogP contribution is -2.30. The Morgan fingerprint density at radius 2 is 1.77 bits per heavy atom. The molecule has 0 aromatic heterocycles. The topological polar surface area (TPSA) is 43.4 Å². The molecule has 0 amide bonds. The average molecular weight is 184 g/mol. The molecule has 1 saturated heterocycles. The van der Waals surface area contributed by atoms with Crippen LogP contribution >= 0.6 is 0 Å². The molecule has 2 atom stereocenters. The molecule has 0 bridgehead atoms. The fraction of sp³-hybridized carbons (Fsp3) is 0.800. The molecular formula is C10H16O3. The lowest BCUT2D eigenvalue weighted by atomic mass is 9.73. The van der Waals surface area contributed by atoms with Crippen LogP contribution in [-0.4, -0.2) is 11.9 Å². The minimum atomic E-state index is -0.357. The zero-order valence-electron chi connectivity index (χ0n) is 8.59. The van der Waals surface area contributed by atoms with Gasteiger partial charge in [-0.15, -0.1) is 0 Å². The fourth-order valence-electron chi connectivity index (χ4n) is 1.90. The molecule has 1 aliphatic rings. The van der Waals surface area contributed by atoms with E-state index >= 15 is 0 Å². The van der Waals surface area contributed by atoms with Crippen LogP contribution in [0.2, 0.25) is 0 Å². The zero-order chi connectivity index (χ0) is 10.2. The van der Waals surface area contributed by atoms with E-state index in [1.807, 2.05) is 27.7 Å². The van der Waals surface area contributed by atoms with Crippen LogP contribution in [0.1, 0.15) is 34.1 Å². The molecule has 0 aromatic carbocycles. The molecule has 74 valence electrons. The molecule has 1 fully saturated rings. The number of ether oxygens (including phenoxy) is 1. The minimum Gasteiger partial charge on any atom is -0.393 e. The SMILES string of the molecule is CCC1C(=O)OC(=O)C1C(C)(C)C. The molecule has 0 N–H and O–H groups in total. The minimum absolute atomic E-state index is 0.191. The van der Waals surface area contributed by atoms with E-state index in [2.05, 4.69) is 4.74 Å². The summed E-state index contributed by atoms with van der Waals surface area (Å²) in [4.78, 5) is 22.6. The second-order valence-corrected chi connectivity index (χ2v) is 4.60. The van der Waals surface area contributed by atoms with Crippen LogP contribution in [0.4, 0.5) is 0 Å². The number of carbonyl (C=O) groups excluding carboxylic acids is 2. The first-order valence-corrected chi connectivity index (χ1v) is 4.63. The van der Waals surface area contributed by atoms with E-state index in [9.17, 15) is 9.59 Å². The summed E-state index contributed by atoms with van der Waals surface area (Å²) in [5.41, 5.74) is -0.191. The Labute approximate surface area is 78.5 Å². The van der Waals surface area contributed by atoms with Crippen LogP contribution in [0.15, 0.2) is 0 Å². The summed E-state index contributed by atoms with van der Waals surface area (Å²) >= 11 is 0. The van der Waals surface area contributed by atoms with Crippen LogP contribution < -0.4 is 0 Å². The molecule has 1 aliphatic heterocycles. The van der Waals surface area contributed by atoms with E-state index in [4.69, 9.17) is 0 Å². The predicted molar refractivity (Wildman–Crippen MR) is 47.8 cm³/mol. The summed E-state index contributed by atoms with van der Waals surface area (Å²) in [6.07, 6.45) is 0.673. The average Bonchev–Trinajstić information content (AvgIpc) is 2.23. The van der Waals surface area contributed by atoms with Gasteiger partial charge in [0.2, 0.25) is 0 Å². The van der Waals surface area contributed by atoms with E-state index in [0.717, 1.165) is 0 Å². The van der Waals surface area contributed by atoms with Gasteiger partial charge in [0.1, 0.15) is 0 Å². The molecule has 0 aliphatic carbocycles. The first kappa shape index (κ1) is 10.2. The van der Waals surface area contributed by atoms with Gasteiger partial charge in [-0.3, -0.25) is 9.59 Å². The van der Waals surface area contributed by atoms with Gasteiger partial charge in [0.15, 0.2) is 0 Å². The van der Waals surface area contributed by atoms with Crippen LogP contribution in [0, 0.1) is 17.3 Å². The Hall–Kier alpha value is -0.860. The van der Waals surface area contributed by atoms with Gasteiger partial charge in [0.05, 0.1) is 11.8 Å². The van der Waals surface area contributed by atoms with Crippen molar-refractivity contribution in [3.05, 3.63) is 0 Å². The lowest BCUT2D eigenvalue weighted by Gasteiger charge is -2.26. The maximum absolute atomic E-state index is 11.4. The van der Waals surface area contributed by atoms with Crippen LogP contribution in [-0.2, 0) is 14.3 Å². The molecule has 1 heterocycles. The number of esters is 2. The summed E-state index contributed by atoms with van der Waals surface area (Å²) in [7, 11) is 0. The predicted octanol–water partition coefficient (Wildman–Crippen LogP) is 1.76. The van der Waals surface area contributed by atoms with Crippen molar-refractivity contribution in [3.63, 3.8) is 0 Å². The molecule has 3 nitrogen and oxygen atoms in total. The Morgan fingerprint density at radius 1 is 1.23 bits per heavy atom. The van der Waals surface area contributed by atoms with Gasteiger partial charge in [-0.05, 0) is 11.8 Å². The van der Waals surface area contributed by atoms with Gasteiger partial charge in [-0.1, -0.05) is 27.7 Å². The van der Waals surface area contributed by atoms with E-state index in [1.54, 1.807) is 0 Å². The standard InChI is InChI=1S/C10H16O3/c1-5-6-7(10(2,3)4)9(12)13-8(6)11/h6-7H,5H2,1-4H3. The Balaban J connectivity index is 2.94. The first-order valence-electron chi connectivity index (χ1n) is 4.63. The number of hydrogen-bond acceptors (Lipinski definition) is 3. The molecule has 0 aromatic rings. The molecule has 2 unspecified atom stereocenters. The zero-order valence-corrected chi connectivity index (χ0v) is 8.59. The van der Waals surface area contributed by atoms with Crippen LogP contribution in [0.25, 0.3) is 0 Å². The second-order valence-electron chi connectivity index (χ2n) is 4.60. The number of carbonyl (C=O) groups is 2. The van der Waals surface area contributed by atoms with Crippen molar-refractivity contribution in [2.75, 3.05) is 0 Å². The summed E-state index contributed by atoms with van der Waals surface area (Å²) in [5, 5.41) is 0. The third-order valence-corrected chi connectivity index (χ3v) is 2.53. The van der Waals surface area contributed by atoms with Gasteiger partial charge < -0.3 is 4.74 Å². The van der Waals surface area contributed by atoms with Crippen molar-refractivity contribution >= 4 is 11.9 Å². The molecule has 0 radical (unpaired) electrons. The van der Waals surface area contributed by atoms with Crippen molar-refractivity contribution in [2.45, 2.75) is 34.1 Å². The Morgan fingerprint density at radius 3 is 2.08 bits per heavy atom. The van der Waals surface area contributed by atoms with Gasteiger partial charge in [-0.25, -0.2) is 0 Å². The maximum atomic E-state index is 11.4. The van der Waals surface area contributed by atoms with Crippen molar-refractivity contribution < 1.29 is 14.3 Å². The summed E-state index contributed by atoms with van der Waals surface area (Å²) in [5.74, 6) is -1.23. The van der Waals surface area contributed by atoms with E-state index in [-0.39, 0.29) is 29.2 Å².